The van der Waals surface area contributed by atoms with Crippen molar-refractivity contribution < 1.29 is 4.79 Å². The van der Waals surface area contributed by atoms with Crippen molar-refractivity contribution in [2.45, 2.75) is 46.6 Å². The number of hydrogen-bond donors (Lipinski definition) is 3. The lowest BCUT2D eigenvalue weighted by Gasteiger charge is -2.23. The Hall–Kier alpha value is -1.31. The Bertz CT molecular complexity index is 524. The van der Waals surface area contributed by atoms with Gasteiger partial charge in [-0.2, -0.15) is 0 Å². The van der Waals surface area contributed by atoms with Gasteiger partial charge in [-0.1, -0.05) is 19.1 Å². The van der Waals surface area contributed by atoms with Crippen LogP contribution >= 0.6 is 24.0 Å². The number of halogens is 1. The fourth-order valence-electron chi connectivity index (χ4n) is 1.88. The SMILES string of the molecule is CCNC(=NCC(=O)Nc1cccc(CC)c1)NC(C)(C)C.I. The second kappa shape index (κ2) is 10.5. The Morgan fingerprint density at radius 1 is 1.22 bits per heavy atom. The van der Waals surface area contributed by atoms with Gasteiger partial charge in [-0.15, -0.1) is 24.0 Å². The third kappa shape index (κ3) is 9.43. The van der Waals surface area contributed by atoms with Crippen molar-refractivity contribution in [1.29, 1.82) is 0 Å². The number of benzene rings is 1. The van der Waals surface area contributed by atoms with Crippen LogP contribution in [0.1, 0.15) is 40.2 Å². The molecule has 0 bridgehead atoms. The third-order valence-electron chi connectivity index (χ3n) is 2.84. The smallest absolute Gasteiger partial charge is 0.246 e. The molecule has 0 unspecified atom stereocenters. The molecule has 23 heavy (non-hydrogen) atoms. The van der Waals surface area contributed by atoms with Gasteiger partial charge in [0.15, 0.2) is 5.96 Å². The first-order chi connectivity index (χ1) is 10.3. The van der Waals surface area contributed by atoms with Crippen LogP contribution in [0.5, 0.6) is 0 Å². The van der Waals surface area contributed by atoms with Crippen LogP contribution in [0.3, 0.4) is 0 Å². The molecule has 5 nitrogen and oxygen atoms in total. The Balaban J connectivity index is 0.00000484. The molecule has 0 radical (unpaired) electrons. The van der Waals surface area contributed by atoms with E-state index in [0.717, 1.165) is 18.7 Å². The van der Waals surface area contributed by atoms with Crippen molar-refractivity contribution in [2.24, 2.45) is 4.99 Å². The number of guanidine groups is 1. The first-order valence-electron chi connectivity index (χ1n) is 7.79. The van der Waals surface area contributed by atoms with Gasteiger partial charge in [0.1, 0.15) is 6.54 Å². The van der Waals surface area contributed by atoms with Gasteiger partial charge in [-0.25, -0.2) is 4.99 Å². The lowest BCUT2D eigenvalue weighted by molar-refractivity contribution is -0.114. The van der Waals surface area contributed by atoms with Crippen molar-refractivity contribution >= 4 is 41.5 Å². The predicted octanol–water partition coefficient (Wildman–Crippen LogP) is 3.16. The highest BCUT2D eigenvalue weighted by Gasteiger charge is 2.12. The molecule has 0 aromatic heterocycles. The molecule has 0 spiro atoms. The van der Waals surface area contributed by atoms with Gasteiger partial charge < -0.3 is 16.0 Å². The van der Waals surface area contributed by atoms with Crippen molar-refractivity contribution in [3.05, 3.63) is 29.8 Å². The van der Waals surface area contributed by atoms with Gasteiger partial charge in [0.05, 0.1) is 0 Å². The number of nitrogens with zero attached hydrogens (tertiary/aromatic N) is 1. The monoisotopic (exact) mass is 432 g/mol. The number of rotatable bonds is 5. The summed E-state index contributed by atoms with van der Waals surface area (Å²) in [5, 5.41) is 9.26. The Kier molecular flexibility index (Phi) is 9.87. The summed E-state index contributed by atoms with van der Waals surface area (Å²) in [6.07, 6.45) is 0.946. The summed E-state index contributed by atoms with van der Waals surface area (Å²) >= 11 is 0. The zero-order valence-corrected chi connectivity index (χ0v) is 17.0. The average Bonchev–Trinajstić information content (AvgIpc) is 2.44. The first-order valence-corrected chi connectivity index (χ1v) is 7.79. The predicted molar refractivity (Wildman–Crippen MR) is 109 cm³/mol. The number of aryl methyl sites for hydroxylation is 1. The number of carbonyl (C=O) groups is 1. The molecular formula is C17H29IN4O. The maximum absolute atomic E-state index is 12.0. The minimum Gasteiger partial charge on any atom is -0.357 e. The Morgan fingerprint density at radius 2 is 1.91 bits per heavy atom. The summed E-state index contributed by atoms with van der Waals surface area (Å²) in [6, 6.07) is 7.87. The highest BCUT2D eigenvalue weighted by molar-refractivity contribution is 14.0. The van der Waals surface area contributed by atoms with Crippen molar-refractivity contribution in [3.8, 4) is 0 Å². The molecule has 0 fully saturated rings. The molecular weight excluding hydrogens is 403 g/mol. The molecule has 0 aliphatic rings. The van der Waals surface area contributed by atoms with E-state index in [1.807, 2.05) is 31.2 Å². The van der Waals surface area contributed by atoms with Crippen LogP contribution in [0.2, 0.25) is 0 Å². The van der Waals surface area contributed by atoms with E-state index in [1.165, 1.54) is 5.56 Å². The van der Waals surface area contributed by atoms with Crippen LogP contribution in [0.4, 0.5) is 5.69 Å². The largest absolute Gasteiger partial charge is 0.357 e. The fraction of sp³-hybridized carbons (Fsp3) is 0.529. The second-order valence-electron chi connectivity index (χ2n) is 6.17. The topological polar surface area (TPSA) is 65.5 Å². The normalized spacial score (nSPS) is 11.4. The second-order valence-corrected chi connectivity index (χ2v) is 6.17. The number of aliphatic imine (C=N–C) groups is 1. The van der Waals surface area contributed by atoms with E-state index in [0.29, 0.717) is 5.96 Å². The summed E-state index contributed by atoms with van der Waals surface area (Å²) in [7, 11) is 0. The fourth-order valence-corrected chi connectivity index (χ4v) is 1.88. The molecule has 0 saturated heterocycles. The van der Waals surface area contributed by atoms with Crippen LogP contribution in [0, 0.1) is 0 Å². The third-order valence-corrected chi connectivity index (χ3v) is 2.84. The van der Waals surface area contributed by atoms with Gasteiger partial charge in [-0.05, 0) is 51.8 Å². The van der Waals surface area contributed by atoms with E-state index in [9.17, 15) is 4.79 Å². The molecule has 0 saturated carbocycles. The van der Waals surface area contributed by atoms with E-state index >= 15 is 0 Å². The Labute approximate surface area is 156 Å². The van der Waals surface area contributed by atoms with Gasteiger partial charge >= 0.3 is 0 Å². The van der Waals surface area contributed by atoms with Gasteiger partial charge in [0, 0.05) is 17.8 Å². The molecule has 1 aromatic carbocycles. The summed E-state index contributed by atoms with van der Waals surface area (Å²) in [4.78, 5) is 16.3. The zero-order valence-electron chi connectivity index (χ0n) is 14.7. The summed E-state index contributed by atoms with van der Waals surface area (Å²) in [5.74, 6) is 0.520. The number of carbonyl (C=O) groups excluding carboxylic acids is 1. The molecule has 1 aromatic rings. The molecule has 0 atom stereocenters. The summed E-state index contributed by atoms with van der Waals surface area (Å²) in [6.45, 7) is 11.1. The minimum atomic E-state index is -0.126. The number of hydrogen-bond acceptors (Lipinski definition) is 2. The molecule has 1 rings (SSSR count). The molecule has 0 aliphatic carbocycles. The molecule has 0 heterocycles. The van der Waals surface area contributed by atoms with Crippen LogP contribution in [0.15, 0.2) is 29.3 Å². The summed E-state index contributed by atoms with van der Waals surface area (Å²) in [5.41, 5.74) is 1.91. The van der Waals surface area contributed by atoms with Crippen molar-refractivity contribution in [2.75, 3.05) is 18.4 Å². The van der Waals surface area contributed by atoms with Crippen molar-refractivity contribution in [1.82, 2.24) is 10.6 Å². The minimum absolute atomic E-state index is 0. The van der Waals surface area contributed by atoms with Crippen molar-refractivity contribution in [3.63, 3.8) is 0 Å². The molecule has 6 heteroatoms. The number of anilines is 1. The maximum Gasteiger partial charge on any atom is 0.246 e. The molecule has 3 N–H and O–H groups in total. The lowest BCUT2D eigenvalue weighted by Crippen LogP contribution is -2.47. The van der Waals surface area contributed by atoms with Gasteiger partial charge in [0.25, 0.3) is 0 Å². The number of nitrogens with one attached hydrogen (secondary N) is 3. The van der Waals surface area contributed by atoms with E-state index < -0.39 is 0 Å². The van der Waals surface area contributed by atoms with Crippen LogP contribution in [-0.2, 0) is 11.2 Å². The van der Waals surface area contributed by atoms with Gasteiger partial charge in [0.2, 0.25) is 5.91 Å². The van der Waals surface area contributed by atoms with E-state index in [-0.39, 0.29) is 42.0 Å². The van der Waals surface area contributed by atoms with E-state index in [2.05, 4.69) is 48.6 Å². The molecule has 130 valence electrons. The number of amides is 1. The standard InChI is InChI=1S/C17H28N4O.HI/c1-6-13-9-8-10-14(11-13)20-15(22)12-19-16(18-7-2)21-17(3,4)5;/h8-11H,6-7,12H2,1-5H3,(H,20,22)(H2,18,19,21);1H. The molecule has 0 aliphatic heterocycles. The average molecular weight is 432 g/mol. The van der Waals surface area contributed by atoms with Crippen LogP contribution < -0.4 is 16.0 Å². The highest BCUT2D eigenvalue weighted by Crippen LogP contribution is 2.10. The molecule has 1 amide bonds. The first kappa shape index (κ1) is 21.7. The maximum atomic E-state index is 12.0. The van der Waals surface area contributed by atoms with Crippen LogP contribution in [0.25, 0.3) is 0 Å². The van der Waals surface area contributed by atoms with Crippen LogP contribution in [-0.4, -0.2) is 30.5 Å². The van der Waals surface area contributed by atoms with E-state index in [1.54, 1.807) is 0 Å². The van der Waals surface area contributed by atoms with Gasteiger partial charge in [-0.3, -0.25) is 4.79 Å². The highest BCUT2D eigenvalue weighted by atomic mass is 127. The van der Waals surface area contributed by atoms with E-state index in [4.69, 9.17) is 0 Å². The Morgan fingerprint density at radius 3 is 2.48 bits per heavy atom. The quantitative estimate of drug-likeness (QED) is 0.381. The summed E-state index contributed by atoms with van der Waals surface area (Å²) < 4.78 is 0. The zero-order chi connectivity index (χ0) is 16.6. The lowest BCUT2D eigenvalue weighted by atomic mass is 10.1.